The number of nitrogens with zero attached hydrogens (tertiary/aromatic N) is 1. The highest BCUT2D eigenvalue weighted by atomic mass is 127. The van der Waals surface area contributed by atoms with Gasteiger partial charge in [-0.05, 0) is 22.6 Å². The maximum absolute atomic E-state index is 4.37. The molecule has 2 heterocycles. The molecule has 0 aliphatic carbocycles. The first-order valence-electron chi connectivity index (χ1n) is 3.78. The zero-order valence-corrected chi connectivity index (χ0v) is 10.2. The standard InChI is InChI=1S/C7H9IN2S2/c8-6-3-10-7(12-6)5-4-11-2-1-9-5/h3,5,9H,1-2,4H2. The van der Waals surface area contributed by atoms with E-state index in [1.807, 2.05) is 18.0 Å². The molecule has 0 radical (unpaired) electrons. The molecule has 5 heteroatoms. The van der Waals surface area contributed by atoms with Gasteiger partial charge in [0.05, 0.1) is 15.1 Å². The van der Waals surface area contributed by atoms with Crippen LogP contribution in [0.15, 0.2) is 6.20 Å². The Labute approximate surface area is 93.7 Å². The van der Waals surface area contributed by atoms with Gasteiger partial charge in [-0.25, -0.2) is 4.98 Å². The van der Waals surface area contributed by atoms with Gasteiger partial charge in [-0.15, -0.1) is 11.3 Å². The van der Waals surface area contributed by atoms with Crippen molar-refractivity contribution in [3.05, 3.63) is 14.1 Å². The Morgan fingerprint density at radius 2 is 2.58 bits per heavy atom. The lowest BCUT2D eigenvalue weighted by Gasteiger charge is -2.20. The molecule has 1 atom stereocenters. The summed E-state index contributed by atoms with van der Waals surface area (Å²) in [6.45, 7) is 1.12. The van der Waals surface area contributed by atoms with E-state index >= 15 is 0 Å². The predicted molar refractivity (Wildman–Crippen MR) is 62.9 cm³/mol. The minimum absolute atomic E-state index is 0.497. The van der Waals surface area contributed by atoms with Gasteiger partial charge < -0.3 is 5.32 Å². The molecule has 1 saturated heterocycles. The SMILES string of the molecule is Ic1cnc(C2CSCCN2)s1. The van der Waals surface area contributed by atoms with Crippen molar-refractivity contribution in [2.45, 2.75) is 6.04 Å². The fourth-order valence-electron chi connectivity index (χ4n) is 1.15. The van der Waals surface area contributed by atoms with Crippen LogP contribution < -0.4 is 5.32 Å². The van der Waals surface area contributed by atoms with Crippen molar-refractivity contribution < 1.29 is 0 Å². The van der Waals surface area contributed by atoms with Crippen LogP contribution in [0.25, 0.3) is 0 Å². The zero-order valence-electron chi connectivity index (χ0n) is 6.42. The van der Waals surface area contributed by atoms with Gasteiger partial charge >= 0.3 is 0 Å². The van der Waals surface area contributed by atoms with E-state index in [1.165, 1.54) is 19.4 Å². The summed E-state index contributed by atoms with van der Waals surface area (Å²) < 4.78 is 1.28. The summed E-state index contributed by atoms with van der Waals surface area (Å²) in [4.78, 5) is 4.37. The number of hydrogen-bond acceptors (Lipinski definition) is 4. The second-order valence-electron chi connectivity index (χ2n) is 2.58. The van der Waals surface area contributed by atoms with Crippen LogP contribution in [0.3, 0.4) is 0 Å². The summed E-state index contributed by atoms with van der Waals surface area (Å²) in [6.07, 6.45) is 1.95. The molecular weight excluding hydrogens is 303 g/mol. The average Bonchev–Trinajstić information content (AvgIpc) is 2.54. The lowest BCUT2D eigenvalue weighted by atomic mass is 10.3. The molecule has 2 nitrogen and oxygen atoms in total. The monoisotopic (exact) mass is 312 g/mol. The number of halogens is 1. The summed E-state index contributed by atoms with van der Waals surface area (Å²) in [5.41, 5.74) is 0. The van der Waals surface area contributed by atoms with Crippen molar-refractivity contribution >= 4 is 45.7 Å². The van der Waals surface area contributed by atoms with Gasteiger partial charge in [-0.2, -0.15) is 11.8 Å². The number of nitrogens with one attached hydrogen (secondary N) is 1. The fourth-order valence-corrected chi connectivity index (χ4v) is 3.73. The first-order valence-corrected chi connectivity index (χ1v) is 6.83. The molecule has 1 aromatic rings. The molecule has 0 amide bonds. The zero-order chi connectivity index (χ0) is 8.39. The number of aromatic nitrogens is 1. The molecule has 1 aromatic heterocycles. The molecule has 0 bridgehead atoms. The number of thioether (sulfide) groups is 1. The number of rotatable bonds is 1. The molecule has 1 aliphatic heterocycles. The van der Waals surface area contributed by atoms with Crippen molar-refractivity contribution in [3.63, 3.8) is 0 Å². The molecule has 1 aliphatic rings. The third kappa shape index (κ3) is 2.12. The van der Waals surface area contributed by atoms with Crippen LogP contribution in [0.4, 0.5) is 0 Å². The molecule has 2 rings (SSSR count). The van der Waals surface area contributed by atoms with Crippen molar-refractivity contribution in [3.8, 4) is 0 Å². The van der Waals surface area contributed by atoms with E-state index < -0.39 is 0 Å². The smallest absolute Gasteiger partial charge is 0.111 e. The van der Waals surface area contributed by atoms with E-state index in [-0.39, 0.29) is 0 Å². The summed E-state index contributed by atoms with van der Waals surface area (Å²) in [7, 11) is 0. The molecule has 1 fully saturated rings. The molecular formula is C7H9IN2S2. The van der Waals surface area contributed by atoms with Gasteiger partial charge in [0.25, 0.3) is 0 Å². The largest absolute Gasteiger partial charge is 0.306 e. The maximum atomic E-state index is 4.37. The topological polar surface area (TPSA) is 24.9 Å². The summed E-state index contributed by atoms with van der Waals surface area (Å²) in [5, 5.41) is 4.71. The van der Waals surface area contributed by atoms with Gasteiger partial charge in [0, 0.05) is 18.1 Å². The van der Waals surface area contributed by atoms with Gasteiger partial charge in [-0.1, -0.05) is 0 Å². The van der Waals surface area contributed by atoms with Gasteiger partial charge in [-0.3, -0.25) is 0 Å². The Kier molecular flexibility index (Phi) is 3.27. The lowest BCUT2D eigenvalue weighted by molar-refractivity contribution is 0.592. The van der Waals surface area contributed by atoms with E-state index in [9.17, 15) is 0 Å². The quantitative estimate of drug-likeness (QED) is 0.804. The minimum Gasteiger partial charge on any atom is -0.306 e. The molecule has 0 saturated carbocycles. The van der Waals surface area contributed by atoms with E-state index in [0.717, 1.165) is 6.54 Å². The van der Waals surface area contributed by atoms with E-state index in [1.54, 1.807) is 11.3 Å². The molecule has 12 heavy (non-hydrogen) atoms. The number of thiazole rings is 1. The second kappa shape index (κ2) is 4.26. The third-order valence-electron chi connectivity index (χ3n) is 1.72. The van der Waals surface area contributed by atoms with Crippen molar-refractivity contribution in [2.75, 3.05) is 18.1 Å². The maximum Gasteiger partial charge on any atom is 0.111 e. The van der Waals surface area contributed by atoms with Crippen LogP contribution in [0.1, 0.15) is 11.0 Å². The normalized spacial score (nSPS) is 24.2. The van der Waals surface area contributed by atoms with Crippen molar-refractivity contribution in [1.82, 2.24) is 10.3 Å². The Morgan fingerprint density at radius 1 is 1.67 bits per heavy atom. The third-order valence-corrected chi connectivity index (χ3v) is 4.62. The molecule has 1 unspecified atom stereocenters. The molecule has 1 N–H and O–H groups in total. The Morgan fingerprint density at radius 3 is 3.17 bits per heavy atom. The Bertz CT molecular complexity index is 258. The fraction of sp³-hybridized carbons (Fsp3) is 0.571. The van der Waals surface area contributed by atoms with Crippen LogP contribution in [0, 0.1) is 2.88 Å². The molecule has 0 aromatic carbocycles. The van der Waals surface area contributed by atoms with Crippen molar-refractivity contribution in [2.24, 2.45) is 0 Å². The van der Waals surface area contributed by atoms with Crippen LogP contribution in [-0.2, 0) is 0 Å². The van der Waals surface area contributed by atoms with Gasteiger partial charge in [0.15, 0.2) is 0 Å². The summed E-state index contributed by atoms with van der Waals surface area (Å²) in [6, 6.07) is 0.497. The first-order chi connectivity index (χ1) is 5.86. The Hall–Kier alpha value is 0.670. The van der Waals surface area contributed by atoms with Crippen LogP contribution in [0.2, 0.25) is 0 Å². The Balaban J connectivity index is 2.08. The second-order valence-corrected chi connectivity index (χ2v) is 6.69. The summed E-state index contributed by atoms with van der Waals surface area (Å²) in [5.74, 6) is 2.41. The van der Waals surface area contributed by atoms with E-state index in [2.05, 4.69) is 32.9 Å². The first kappa shape index (κ1) is 9.23. The van der Waals surface area contributed by atoms with Crippen LogP contribution in [-0.4, -0.2) is 23.0 Å². The van der Waals surface area contributed by atoms with Crippen molar-refractivity contribution in [1.29, 1.82) is 0 Å². The van der Waals surface area contributed by atoms with Crippen LogP contribution >= 0.6 is 45.7 Å². The van der Waals surface area contributed by atoms with Gasteiger partial charge in [0.1, 0.15) is 5.01 Å². The minimum atomic E-state index is 0.497. The lowest BCUT2D eigenvalue weighted by Crippen LogP contribution is -2.30. The predicted octanol–water partition coefficient (Wildman–Crippen LogP) is 2.13. The van der Waals surface area contributed by atoms with E-state index in [0.29, 0.717) is 6.04 Å². The highest BCUT2D eigenvalue weighted by Gasteiger charge is 2.17. The molecule has 66 valence electrons. The average molecular weight is 312 g/mol. The number of hydrogen-bond donors (Lipinski definition) is 1. The summed E-state index contributed by atoms with van der Waals surface area (Å²) >= 11 is 6.12. The van der Waals surface area contributed by atoms with E-state index in [4.69, 9.17) is 0 Å². The highest BCUT2D eigenvalue weighted by Crippen LogP contribution is 2.26. The highest BCUT2D eigenvalue weighted by molar-refractivity contribution is 14.1. The van der Waals surface area contributed by atoms with Gasteiger partial charge in [0.2, 0.25) is 0 Å². The van der Waals surface area contributed by atoms with Crippen LogP contribution in [0.5, 0.6) is 0 Å². The molecule has 0 spiro atoms.